The maximum absolute atomic E-state index is 5.91. The van der Waals surface area contributed by atoms with E-state index in [2.05, 4.69) is 16.0 Å². The topological polar surface area (TPSA) is 76.9 Å². The Kier molecular flexibility index (Phi) is 4.15. The van der Waals surface area contributed by atoms with Gasteiger partial charge in [-0.15, -0.1) is 0 Å². The van der Waals surface area contributed by atoms with E-state index in [0.717, 1.165) is 45.0 Å². The van der Waals surface area contributed by atoms with Gasteiger partial charge in [0.25, 0.3) is 0 Å². The first-order chi connectivity index (χ1) is 8.29. The van der Waals surface area contributed by atoms with Crippen LogP contribution in [0.1, 0.15) is 12.8 Å². The average molecular weight is 238 g/mol. The van der Waals surface area contributed by atoms with Gasteiger partial charge < -0.3 is 21.1 Å². The van der Waals surface area contributed by atoms with Gasteiger partial charge in [0, 0.05) is 37.7 Å². The highest BCUT2D eigenvalue weighted by molar-refractivity contribution is 5.84. The number of morpholine rings is 1. The Labute approximate surface area is 103 Å². The zero-order chi connectivity index (χ0) is 12.1. The van der Waals surface area contributed by atoms with E-state index in [1.165, 1.54) is 0 Å². The van der Waals surface area contributed by atoms with Gasteiger partial charge in [-0.1, -0.05) is 6.08 Å². The molecule has 1 unspecified atom stereocenters. The van der Waals surface area contributed by atoms with E-state index in [1.54, 1.807) is 0 Å². The number of rotatable bonds is 3. The van der Waals surface area contributed by atoms with Crippen LogP contribution in [-0.2, 0) is 4.74 Å². The lowest BCUT2D eigenvalue weighted by molar-refractivity contribution is 0.0661. The Bertz CT molecular complexity index is 310. The first-order valence-corrected chi connectivity index (χ1v) is 6.27. The second-order valence-corrected chi connectivity index (χ2v) is 4.74. The first kappa shape index (κ1) is 12.5. The second-order valence-electron chi connectivity index (χ2n) is 4.74. The van der Waals surface area contributed by atoms with Crippen molar-refractivity contribution < 1.29 is 4.74 Å². The van der Waals surface area contributed by atoms with Crippen molar-refractivity contribution in [2.75, 3.05) is 39.4 Å². The molecular formula is C12H22N4O. The van der Waals surface area contributed by atoms with Gasteiger partial charge in [-0.05, 0) is 13.0 Å². The summed E-state index contributed by atoms with van der Waals surface area (Å²) < 4.78 is 5.36. The molecule has 2 aliphatic rings. The summed E-state index contributed by atoms with van der Waals surface area (Å²) >= 11 is 0. The Morgan fingerprint density at radius 1 is 1.35 bits per heavy atom. The van der Waals surface area contributed by atoms with Gasteiger partial charge in [0.05, 0.1) is 13.2 Å². The lowest BCUT2D eigenvalue weighted by Gasteiger charge is -2.37. The van der Waals surface area contributed by atoms with Crippen molar-refractivity contribution in [1.82, 2.24) is 4.90 Å². The SMILES string of the molecule is NCCC1(CN)C=CN=C(N2CCOCC2)C1. The number of nitrogens with zero attached hydrogens (tertiary/aromatic N) is 2. The van der Waals surface area contributed by atoms with Crippen molar-refractivity contribution in [1.29, 1.82) is 0 Å². The minimum Gasteiger partial charge on any atom is -0.378 e. The number of nitrogens with two attached hydrogens (primary N) is 2. The number of amidine groups is 1. The van der Waals surface area contributed by atoms with E-state index >= 15 is 0 Å². The summed E-state index contributed by atoms with van der Waals surface area (Å²) in [6, 6.07) is 0. The van der Waals surface area contributed by atoms with Crippen LogP contribution in [0.2, 0.25) is 0 Å². The maximum atomic E-state index is 5.91. The summed E-state index contributed by atoms with van der Waals surface area (Å²) in [4.78, 5) is 6.79. The zero-order valence-electron chi connectivity index (χ0n) is 10.3. The highest BCUT2D eigenvalue weighted by atomic mass is 16.5. The van der Waals surface area contributed by atoms with Crippen molar-refractivity contribution in [3.05, 3.63) is 12.3 Å². The Morgan fingerprint density at radius 2 is 2.12 bits per heavy atom. The molecule has 2 heterocycles. The summed E-state index contributed by atoms with van der Waals surface area (Å²) in [5.41, 5.74) is 11.6. The largest absolute Gasteiger partial charge is 0.378 e. The minimum absolute atomic E-state index is 0.00410. The maximum Gasteiger partial charge on any atom is 0.105 e. The van der Waals surface area contributed by atoms with E-state index < -0.39 is 0 Å². The van der Waals surface area contributed by atoms with Crippen molar-refractivity contribution in [3.8, 4) is 0 Å². The van der Waals surface area contributed by atoms with E-state index in [-0.39, 0.29) is 5.41 Å². The van der Waals surface area contributed by atoms with Crippen LogP contribution in [0.25, 0.3) is 0 Å². The van der Waals surface area contributed by atoms with Gasteiger partial charge in [0.1, 0.15) is 5.84 Å². The smallest absolute Gasteiger partial charge is 0.105 e. The lowest BCUT2D eigenvalue weighted by Crippen LogP contribution is -2.45. The Balaban J connectivity index is 2.04. The normalized spacial score (nSPS) is 29.3. The third kappa shape index (κ3) is 2.86. The molecular weight excluding hydrogens is 216 g/mol. The van der Waals surface area contributed by atoms with E-state index in [4.69, 9.17) is 16.2 Å². The molecule has 0 radical (unpaired) electrons. The van der Waals surface area contributed by atoms with Crippen LogP contribution in [0.5, 0.6) is 0 Å². The molecule has 2 rings (SSSR count). The molecule has 5 heteroatoms. The van der Waals surface area contributed by atoms with Crippen molar-refractivity contribution >= 4 is 5.84 Å². The summed E-state index contributed by atoms with van der Waals surface area (Å²) in [5.74, 6) is 1.13. The van der Waals surface area contributed by atoms with Crippen LogP contribution >= 0.6 is 0 Å². The third-order valence-electron chi connectivity index (χ3n) is 3.59. The van der Waals surface area contributed by atoms with E-state index in [9.17, 15) is 0 Å². The molecule has 0 spiro atoms. The molecule has 0 aromatic rings. The molecule has 1 saturated heterocycles. The molecule has 0 saturated carbocycles. The van der Waals surface area contributed by atoms with Crippen LogP contribution in [0.15, 0.2) is 17.3 Å². The van der Waals surface area contributed by atoms with Crippen molar-refractivity contribution in [2.24, 2.45) is 21.9 Å². The van der Waals surface area contributed by atoms with Gasteiger partial charge >= 0.3 is 0 Å². The average Bonchev–Trinajstić information content (AvgIpc) is 2.40. The Morgan fingerprint density at radius 3 is 2.76 bits per heavy atom. The fraction of sp³-hybridized carbons (Fsp3) is 0.750. The number of aliphatic imine (C=N–C) groups is 1. The molecule has 0 bridgehead atoms. The number of hydrogen-bond donors (Lipinski definition) is 2. The van der Waals surface area contributed by atoms with Crippen LogP contribution in [-0.4, -0.2) is 50.1 Å². The van der Waals surface area contributed by atoms with E-state index in [0.29, 0.717) is 13.1 Å². The van der Waals surface area contributed by atoms with Crippen LogP contribution in [0.3, 0.4) is 0 Å². The molecule has 0 aromatic heterocycles. The minimum atomic E-state index is 0.00410. The zero-order valence-corrected chi connectivity index (χ0v) is 10.3. The van der Waals surface area contributed by atoms with Crippen LogP contribution < -0.4 is 11.5 Å². The monoisotopic (exact) mass is 238 g/mol. The van der Waals surface area contributed by atoms with Crippen molar-refractivity contribution in [3.63, 3.8) is 0 Å². The van der Waals surface area contributed by atoms with Crippen LogP contribution in [0.4, 0.5) is 0 Å². The molecule has 4 N–H and O–H groups in total. The highest BCUT2D eigenvalue weighted by Crippen LogP contribution is 2.31. The number of hydrogen-bond acceptors (Lipinski definition) is 5. The van der Waals surface area contributed by atoms with E-state index in [1.807, 2.05) is 6.20 Å². The predicted molar refractivity (Wildman–Crippen MR) is 68.7 cm³/mol. The molecule has 0 amide bonds. The predicted octanol–water partition coefficient (Wildman–Crippen LogP) is -0.0716. The molecule has 1 atom stereocenters. The second kappa shape index (κ2) is 5.62. The molecule has 5 nitrogen and oxygen atoms in total. The summed E-state index contributed by atoms with van der Waals surface area (Å²) in [6.07, 6.45) is 5.82. The number of ether oxygens (including phenoxy) is 1. The highest BCUT2D eigenvalue weighted by Gasteiger charge is 2.31. The van der Waals surface area contributed by atoms with Gasteiger partial charge in [0.15, 0.2) is 0 Å². The van der Waals surface area contributed by atoms with Gasteiger partial charge in [-0.25, -0.2) is 4.99 Å². The standard InChI is InChI=1S/C12H22N4O/c13-3-1-12(10-14)2-4-15-11(9-12)16-5-7-17-8-6-16/h2,4H,1,3,5-10,13-14H2. The first-order valence-electron chi connectivity index (χ1n) is 6.27. The third-order valence-corrected chi connectivity index (χ3v) is 3.59. The fourth-order valence-corrected chi connectivity index (χ4v) is 2.42. The summed E-state index contributed by atoms with van der Waals surface area (Å²) in [7, 11) is 0. The van der Waals surface area contributed by atoms with Gasteiger partial charge in [-0.2, -0.15) is 0 Å². The van der Waals surface area contributed by atoms with Crippen molar-refractivity contribution in [2.45, 2.75) is 12.8 Å². The lowest BCUT2D eigenvalue weighted by atomic mass is 9.79. The van der Waals surface area contributed by atoms with Gasteiger partial charge in [-0.3, -0.25) is 0 Å². The molecule has 2 aliphatic heterocycles. The summed E-state index contributed by atoms with van der Waals surface area (Å²) in [6.45, 7) is 4.72. The molecule has 17 heavy (non-hydrogen) atoms. The summed E-state index contributed by atoms with van der Waals surface area (Å²) in [5, 5.41) is 0. The van der Waals surface area contributed by atoms with Crippen LogP contribution in [0, 0.1) is 5.41 Å². The quantitative estimate of drug-likeness (QED) is 0.721. The molecule has 1 fully saturated rings. The molecule has 0 aliphatic carbocycles. The molecule has 0 aromatic carbocycles. The fourth-order valence-electron chi connectivity index (χ4n) is 2.42. The Hall–Kier alpha value is -0.910. The molecule has 96 valence electrons. The van der Waals surface area contributed by atoms with Gasteiger partial charge in [0.2, 0.25) is 0 Å².